The van der Waals surface area contributed by atoms with Gasteiger partial charge in [0.1, 0.15) is 5.15 Å². The van der Waals surface area contributed by atoms with E-state index in [9.17, 15) is 0 Å². The zero-order valence-electron chi connectivity index (χ0n) is 5.53. The van der Waals surface area contributed by atoms with Gasteiger partial charge in [0.15, 0.2) is 6.10 Å². The molecule has 0 aromatic carbocycles. The molecule has 3 nitrogen and oxygen atoms in total. The zero-order chi connectivity index (χ0) is 8.27. The average Bonchev–Trinajstić information content (AvgIpc) is 2.04. The molecule has 11 heavy (non-hydrogen) atoms. The van der Waals surface area contributed by atoms with E-state index in [0.717, 1.165) is 0 Å². The van der Waals surface area contributed by atoms with Gasteiger partial charge in [-0.25, -0.2) is 4.98 Å². The Morgan fingerprint density at radius 2 is 2.45 bits per heavy atom. The maximum atomic E-state index is 9.02. The Morgan fingerprint density at radius 3 is 3.00 bits per heavy atom. The molecular formula is C7H5ClN2O. The molecular weight excluding hydrogens is 164 g/mol. The number of hydrogen-bond donors (Lipinski definition) is 1. The lowest BCUT2D eigenvalue weighted by Crippen LogP contribution is -1.95. The summed E-state index contributed by atoms with van der Waals surface area (Å²) in [6.45, 7) is 0. The number of pyridine rings is 1. The van der Waals surface area contributed by atoms with Crippen molar-refractivity contribution < 1.29 is 5.11 Å². The number of halogens is 1. The van der Waals surface area contributed by atoms with E-state index in [1.54, 1.807) is 18.2 Å². The number of hydrogen-bond acceptors (Lipinski definition) is 3. The second-order valence-corrected chi connectivity index (χ2v) is 2.27. The molecule has 1 N–H and O–H groups in total. The van der Waals surface area contributed by atoms with Crippen LogP contribution in [0, 0.1) is 11.3 Å². The summed E-state index contributed by atoms with van der Waals surface area (Å²) in [6.07, 6.45) is 0.312. The van der Waals surface area contributed by atoms with Crippen LogP contribution in [0.3, 0.4) is 0 Å². The molecule has 0 bridgehead atoms. The van der Waals surface area contributed by atoms with Crippen LogP contribution < -0.4 is 0 Å². The summed E-state index contributed by atoms with van der Waals surface area (Å²) in [5.41, 5.74) is 0.344. The third-order valence-corrected chi connectivity index (χ3v) is 1.52. The summed E-state index contributed by atoms with van der Waals surface area (Å²) in [5.74, 6) is 0. The Hall–Kier alpha value is -1.11. The largest absolute Gasteiger partial charge is 0.374 e. The standard InChI is InChI=1S/C7H5ClN2O/c8-7-5(6(11)4-9)2-1-3-10-7/h1-3,6,11H/t6-/m1/s1. The highest BCUT2D eigenvalue weighted by molar-refractivity contribution is 6.30. The summed E-state index contributed by atoms with van der Waals surface area (Å²) >= 11 is 5.58. The first-order valence-electron chi connectivity index (χ1n) is 2.94. The van der Waals surface area contributed by atoms with Crippen LogP contribution in [0.4, 0.5) is 0 Å². The molecule has 1 heterocycles. The van der Waals surface area contributed by atoms with Crippen LogP contribution in [0.5, 0.6) is 0 Å². The number of nitrogens with zero attached hydrogens (tertiary/aromatic N) is 2. The van der Waals surface area contributed by atoms with Crippen LogP contribution in [-0.2, 0) is 0 Å². The van der Waals surface area contributed by atoms with Crippen LogP contribution >= 0.6 is 11.6 Å². The molecule has 0 amide bonds. The summed E-state index contributed by atoms with van der Waals surface area (Å²) in [6, 6.07) is 4.82. The Bertz CT molecular complexity index is 295. The maximum absolute atomic E-state index is 9.02. The molecule has 1 rings (SSSR count). The van der Waals surface area contributed by atoms with Gasteiger partial charge in [-0.1, -0.05) is 17.7 Å². The molecule has 0 saturated heterocycles. The van der Waals surface area contributed by atoms with Gasteiger partial charge in [0, 0.05) is 11.8 Å². The van der Waals surface area contributed by atoms with Crippen molar-refractivity contribution in [3.63, 3.8) is 0 Å². The SMILES string of the molecule is N#C[C@@H](O)c1cccnc1Cl. The first-order chi connectivity index (χ1) is 5.25. The van der Waals surface area contributed by atoms with Gasteiger partial charge in [-0.3, -0.25) is 0 Å². The molecule has 0 aliphatic rings. The van der Waals surface area contributed by atoms with Crippen molar-refractivity contribution in [1.29, 1.82) is 5.26 Å². The van der Waals surface area contributed by atoms with E-state index in [-0.39, 0.29) is 5.15 Å². The molecule has 0 fully saturated rings. The second kappa shape index (κ2) is 3.33. The molecule has 1 atom stereocenters. The van der Waals surface area contributed by atoms with Crippen LogP contribution in [0.2, 0.25) is 5.15 Å². The number of nitriles is 1. The molecule has 4 heteroatoms. The summed E-state index contributed by atoms with van der Waals surface area (Å²) in [7, 11) is 0. The minimum atomic E-state index is -1.18. The summed E-state index contributed by atoms with van der Waals surface area (Å²) in [4.78, 5) is 3.70. The van der Waals surface area contributed by atoms with Gasteiger partial charge >= 0.3 is 0 Å². The fourth-order valence-electron chi connectivity index (χ4n) is 0.672. The maximum Gasteiger partial charge on any atom is 0.168 e. The first kappa shape index (κ1) is 7.99. The van der Waals surface area contributed by atoms with Crippen molar-refractivity contribution >= 4 is 11.6 Å². The molecule has 0 saturated carbocycles. The van der Waals surface area contributed by atoms with Gasteiger partial charge in [0.25, 0.3) is 0 Å². The second-order valence-electron chi connectivity index (χ2n) is 1.92. The van der Waals surface area contributed by atoms with Gasteiger partial charge in [-0.05, 0) is 6.07 Å². The highest BCUT2D eigenvalue weighted by atomic mass is 35.5. The third kappa shape index (κ3) is 1.67. The van der Waals surface area contributed by atoms with E-state index in [4.69, 9.17) is 22.0 Å². The van der Waals surface area contributed by atoms with E-state index in [2.05, 4.69) is 4.98 Å². The first-order valence-corrected chi connectivity index (χ1v) is 3.31. The highest BCUT2D eigenvalue weighted by Gasteiger charge is 2.09. The molecule has 56 valence electrons. The third-order valence-electron chi connectivity index (χ3n) is 1.20. The fourth-order valence-corrected chi connectivity index (χ4v) is 0.895. The van der Waals surface area contributed by atoms with E-state index in [0.29, 0.717) is 5.56 Å². The van der Waals surface area contributed by atoms with E-state index in [1.807, 2.05) is 0 Å². The fraction of sp³-hybridized carbons (Fsp3) is 0.143. The van der Waals surface area contributed by atoms with Crippen molar-refractivity contribution in [2.45, 2.75) is 6.10 Å². The molecule has 0 spiro atoms. The van der Waals surface area contributed by atoms with E-state index < -0.39 is 6.10 Å². The Kier molecular flexibility index (Phi) is 2.42. The minimum Gasteiger partial charge on any atom is -0.374 e. The summed E-state index contributed by atoms with van der Waals surface area (Å²) < 4.78 is 0. The van der Waals surface area contributed by atoms with Crippen molar-refractivity contribution in [3.05, 3.63) is 29.0 Å². The number of rotatable bonds is 1. The predicted octanol–water partition coefficient (Wildman–Crippen LogP) is 1.29. The van der Waals surface area contributed by atoms with Crippen LogP contribution in [0.25, 0.3) is 0 Å². The van der Waals surface area contributed by atoms with Crippen molar-refractivity contribution in [1.82, 2.24) is 4.98 Å². The lowest BCUT2D eigenvalue weighted by atomic mass is 10.2. The lowest BCUT2D eigenvalue weighted by molar-refractivity contribution is 0.235. The van der Waals surface area contributed by atoms with Crippen molar-refractivity contribution in [2.75, 3.05) is 0 Å². The Morgan fingerprint density at radius 1 is 1.73 bits per heavy atom. The van der Waals surface area contributed by atoms with Crippen molar-refractivity contribution in [2.24, 2.45) is 0 Å². The molecule has 0 unspecified atom stereocenters. The van der Waals surface area contributed by atoms with Gasteiger partial charge in [0.2, 0.25) is 0 Å². The number of aliphatic hydroxyl groups excluding tert-OH is 1. The lowest BCUT2D eigenvalue weighted by Gasteiger charge is -2.01. The number of aromatic nitrogens is 1. The van der Waals surface area contributed by atoms with E-state index >= 15 is 0 Å². The Labute approximate surface area is 68.9 Å². The topological polar surface area (TPSA) is 56.9 Å². The van der Waals surface area contributed by atoms with Gasteiger partial charge in [-0.15, -0.1) is 0 Å². The highest BCUT2D eigenvalue weighted by Crippen LogP contribution is 2.18. The molecule has 0 aliphatic carbocycles. The molecule has 1 aromatic rings. The van der Waals surface area contributed by atoms with Crippen molar-refractivity contribution in [3.8, 4) is 6.07 Å². The quantitative estimate of drug-likeness (QED) is 0.508. The molecule has 0 radical (unpaired) electrons. The summed E-state index contributed by atoms with van der Waals surface area (Å²) in [5, 5.41) is 17.5. The Balaban J connectivity index is 3.05. The van der Waals surface area contributed by atoms with Crippen LogP contribution in [-0.4, -0.2) is 10.1 Å². The van der Waals surface area contributed by atoms with Crippen LogP contribution in [0.15, 0.2) is 18.3 Å². The van der Waals surface area contributed by atoms with E-state index in [1.165, 1.54) is 6.20 Å². The van der Waals surface area contributed by atoms with Gasteiger partial charge in [-0.2, -0.15) is 5.26 Å². The van der Waals surface area contributed by atoms with Gasteiger partial charge < -0.3 is 5.11 Å². The minimum absolute atomic E-state index is 0.168. The van der Waals surface area contributed by atoms with Crippen LogP contribution in [0.1, 0.15) is 11.7 Å². The predicted molar refractivity (Wildman–Crippen MR) is 39.8 cm³/mol. The smallest absolute Gasteiger partial charge is 0.168 e. The zero-order valence-corrected chi connectivity index (χ0v) is 6.28. The average molecular weight is 169 g/mol. The normalized spacial score (nSPS) is 12.1. The molecule has 0 aliphatic heterocycles. The number of aliphatic hydroxyl groups is 1. The monoisotopic (exact) mass is 168 g/mol. The molecule has 1 aromatic heterocycles. The van der Waals surface area contributed by atoms with Gasteiger partial charge in [0.05, 0.1) is 6.07 Å².